The van der Waals surface area contributed by atoms with Gasteiger partial charge in [0.2, 0.25) is 11.2 Å². The van der Waals surface area contributed by atoms with Gasteiger partial charge in [-0.05, 0) is 18.2 Å². The fourth-order valence-electron chi connectivity index (χ4n) is 2.24. The Hall–Kier alpha value is -2.84. The Balaban J connectivity index is 2.37. The van der Waals surface area contributed by atoms with Gasteiger partial charge in [0.25, 0.3) is 0 Å². The Morgan fingerprint density at radius 2 is 1.79 bits per heavy atom. The lowest BCUT2D eigenvalue weighted by molar-refractivity contribution is 0.381. The first-order valence-corrected chi connectivity index (χ1v) is 8.13. The molecule has 0 aliphatic heterocycles. The van der Waals surface area contributed by atoms with Gasteiger partial charge in [-0.15, -0.1) is 0 Å². The normalized spacial score (nSPS) is 11.4. The Kier molecular flexibility index (Phi) is 4.00. The van der Waals surface area contributed by atoms with Crippen LogP contribution in [-0.2, 0) is 10.4 Å². The maximum absolute atomic E-state index is 12.7. The van der Waals surface area contributed by atoms with Gasteiger partial charge in [0.1, 0.15) is 11.3 Å². The molecule has 2 aromatic carbocycles. The molecule has 1 heterocycles. The van der Waals surface area contributed by atoms with Crippen LogP contribution in [0.1, 0.15) is 0 Å². The number of fused-ring (bicyclic) bond motifs is 1. The van der Waals surface area contributed by atoms with E-state index in [1.165, 1.54) is 19.2 Å². The van der Waals surface area contributed by atoms with E-state index in [1.54, 1.807) is 36.4 Å². The van der Waals surface area contributed by atoms with Gasteiger partial charge >= 0.3 is 10.4 Å². The van der Waals surface area contributed by atoms with Crippen LogP contribution in [0, 0.1) is 0 Å². The Morgan fingerprint density at radius 1 is 1.08 bits per heavy atom. The van der Waals surface area contributed by atoms with Crippen molar-refractivity contribution in [2.24, 2.45) is 0 Å². The molecule has 24 heavy (non-hydrogen) atoms. The number of benzene rings is 2. The van der Waals surface area contributed by atoms with Crippen LogP contribution in [0.25, 0.3) is 22.3 Å². The molecule has 3 aromatic rings. The molecule has 7 nitrogen and oxygen atoms in total. The summed E-state index contributed by atoms with van der Waals surface area (Å²) in [5.41, 5.74) is -0.0973. The van der Waals surface area contributed by atoms with Gasteiger partial charge in [0.05, 0.1) is 12.5 Å². The SMILES string of the molecule is COc1ccc2oc(-c3ccccc3)c(OS(=O)(=O)O)c(=O)c2c1. The van der Waals surface area contributed by atoms with Gasteiger partial charge in [-0.3, -0.25) is 9.35 Å². The summed E-state index contributed by atoms with van der Waals surface area (Å²) in [6.45, 7) is 0. The van der Waals surface area contributed by atoms with Crippen molar-refractivity contribution in [1.29, 1.82) is 0 Å². The van der Waals surface area contributed by atoms with E-state index in [1.807, 2.05) is 0 Å². The lowest BCUT2D eigenvalue weighted by atomic mass is 10.1. The second kappa shape index (κ2) is 5.99. The highest BCUT2D eigenvalue weighted by atomic mass is 32.3. The number of ether oxygens (including phenoxy) is 1. The first-order chi connectivity index (χ1) is 11.4. The third-order valence-electron chi connectivity index (χ3n) is 3.28. The molecule has 0 saturated heterocycles. The summed E-state index contributed by atoms with van der Waals surface area (Å²) in [5, 5.41) is 0.0627. The van der Waals surface area contributed by atoms with Crippen LogP contribution < -0.4 is 14.3 Å². The second-order valence-electron chi connectivity index (χ2n) is 4.83. The topological polar surface area (TPSA) is 103 Å². The van der Waals surface area contributed by atoms with Crippen LogP contribution in [0.15, 0.2) is 57.7 Å². The highest BCUT2D eigenvalue weighted by molar-refractivity contribution is 7.81. The molecule has 8 heteroatoms. The van der Waals surface area contributed by atoms with E-state index < -0.39 is 21.6 Å². The molecule has 0 radical (unpaired) electrons. The smallest absolute Gasteiger partial charge is 0.446 e. The summed E-state index contributed by atoms with van der Waals surface area (Å²) in [6, 6.07) is 12.9. The van der Waals surface area contributed by atoms with E-state index in [2.05, 4.69) is 4.18 Å². The molecule has 1 aromatic heterocycles. The van der Waals surface area contributed by atoms with Crippen LogP contribution in [0.2, 0.25) is 0 Å². The second-order valence-corrected chi connectivity index (χ2v) is 5.85. The Bertz CT molecular complexity index is 1050. The van der Waals surface area contributed by atoms with E-state index in [4.69, 9.17) is 13.7 Å². The van der Waals surface area contributed by atoms with Crippen molar-refractivity contribution < 1.29 is 26.3 Å². The monoisotopic (exact) mass is 348 g/mol. The summed E-state index contributed by atoms with van der Waals surface area (Å²) in [6.07, 6.45) is 0. The molecule has 124 valence electrons. The summed E-state index contributed by atoms with van der Waals surface area (Å²) < 4.78 is 46.4. The Labute approximate surface area is 137 Å². The van der Waals surface area contributed by atoms with Gasteiger partial charge in [-0.1, -0.05) is 30.3 Å². The first kappa shape index (κ1) is 16.0. The van der Waals surface area contributed by atoms with Gasteiger partial charge in [-0.2, -0.15) is 8.42 Å². The molecule has 1 N–H and O–H groups in total. The molecule has 0 atom stereocenters. The van der Waals surface area contributed by atoms with E-state index in [0.717, 1.165) is 0 Å². The molecule has 0 amide bonds. The van der Waals surface area contributed by atoms with Crippen LogP contribution in [0.5, 0.6) is 11.5 Å². The first-order valence-electron chi connectivity index (χ1n) is 6.76. The predicted octanol–water partition coefficient (Wildman–Crippen LogP) is 2.65. The molecular formula is C16H12O7S. The zero-order chi connectivity index (χ0) is 17.3. The largest absolute Gasteiger partial charge is 0.497 e. The van der Waals surface area contributed by atoms with Crippen molar-refractivity contribution >= 4 is 21.4 Å². The van der Waals surface area contributed by atoms with Crippen LogP contribution in [-0.4, -0.2) is 20.1 Å². The molecule has 0 aliphatic rings. The molecular weight excluding hydrogens is 336 g/mol. The zero-order valence-electron chi connectivity index (χ0n) is 12.4. The molecule has 0 aliphatic carbocycles. The Morgan fingerprint density at radius 3 is 2.42 bits per heavy atom. The van der Waals surface area contributed by atoms with Crippen LogP contribution in [0.4, 0.5) is 0 Å². The molecule has 0 spiro atoms. The van der Waals surface area contributed by atoms with E-state index in [-0.39, 0.29) is 16.7 Å². The van der Waals surface area contributed by atoms with E-state index in [0.29, 0.717) is 11.3 Å². The third kappa shape index (κ3) is 3.10. The minimum absolute atomic E-state index is 0.0627. The minimum Gasteiger partial charge on any atom is -0.497 e. The van der Waals surface area contributed by atoms with Crippen molar-refractivity contribution in [3.63, 3.8) is 0 Å². The van der Waals surface area contributed by atoms with Gasteiger partial charge in [0, 0.05) is 5.56 Å². The molecule has 0 fully saturated rings. The summed E-state index contributed by atoms with van der Waals surface area (Å²) >= 11 is 0. The predicted molar refractivity (Wildman–Crippen MR) is 86.6 cm³/mol. The number of rotatable bonds is 4. The summed E-state index contributed by atoms with van der Waals surface area (Å²) in [4.78, 5) is 12.7. The van der Waals surface area contributed by atoms with E-state index in [9.17, 15) is 13.2 Å². The summed E-state index contributed by atoms with van der Waals surface area (Å²) in [5.74, 6) is -0.333. The van der Waals surface area contributed by atoms with Crippen molar-refractivity contribution in [2.45, 2.75) is 0 Å². The molecule has 3 rings (SSSR count). The minimum atomic E-state index is -4.91. The zero-order valence-corrected chi connectivity index (χ0v) is 13.2. The standard InChI is InChI=1S/C16H12O7S/c1-21-11-7-8-13-12(9-11)14(17)16(23-24(18,19)20)15(22-13)10-5-3-2-4-6-10/h2-9H,1H3,(H,18,19,20). The van der Waals surface area contributed by atoms with Crippen LogP contribution in [0.3, 0.4) is 0 Å². The van der Waals surface area contributed by atoms with E-state index >= 15 is 0 Å². The molecule has 0 saturated carbocycles. The fraction of sp³-hybridized carbons (Fsp3) is 0.0625. The van der Waals surface area contributed by atoms with Crippen molar-refractivity contribution in [3.8, 4) is 22.8 Å². The average Bonchev–Trinajstić information content (AvgIpc) is 2.56. The lowest BCUT2D eigenvalue weighted by Crippen LogP contribution is -2.15. The van der Waals surface area contributed by atoms with Gasteiger partial charge in [-0.25, -0.2) is 0 Å². The molecule has 0 unspecified atom stereocenters. The van der Waals surface area contributed by atoms with Crippen molar-refractivity contribution in [3.05, 3.63) is 58.8 Å². The lowest BCUT2D eigenvalue weighted by Gasteiger charge is -2.10. The highest BCUT2D eigenvalue weighted by Gasteiger charge is 2.22. The third-order valence-corrected chi connectivity index (χ3v) is 3.66. The average molecular weight is 348 g/mol. The van der Waals surface area contributed by atoms with Crippen LogP contribution >= 0.6 is 0 Å². The fourth-order valence-corrected chi connectivity index (χ4v) is 2.61. The molecule has 0 bridgehead atoms. The quantitative estimate of drug-likeness (QED) is 0.723. The maximum Gasteiger partial charge on any atom is 0.446 e. The number of hydrogen-bond donors (Lipinski definition) is 1. The maximum atomic E-state index is 12.7. The number of methoxy groups -OCH3 is 1. The highest BCUT2D eigenvalue weighted by Crippen LogP contribution is 2.32. The number of hydrogen-bond acceptors (Lipinski definition) is 6. The van der Waals surface area contributed by atoms with Crippen molar-refractivity contribution in [2.75, 3.05) is 7.11 Å². The van der Waals surface area contributed by atoms with Gasteiger partial charge < -0.3 is 13.3 Å². The van der Waals surface area contributed by atoms with Gasteiger partial charge in [0.15, 0.2) is 5.76 Å². The summed E-state index contributed by atoms with van der Waals surface area (Å²) in [7, 11) is -3.48. The van der Waals surface area contributed by atoms with Crippen molar-refractivity contribution in [1.82, 2.24) is 0 Å².